The molecule has 0 aliphatic carbocycles. The average Bonchev–Trinajstić information content (AvgIpc) is 3.36. The summed E-state index contributed by atoms with van der Waals surface area (Å²) in [6, 6.07) is 7.02. The summed E-state index contributed by atoms with van der Waals surface area (Å²) in [6.45, 7) is 14.8. The van der Waals surface area contributed by atoms with Gasteiger partial charge in [0.2, 0.25) is 5.88 Å². The molecule has 2 atom stereocenters. The molecule has 0 amide bonds. The zero-order valence-electron chi connectivity index (χ0n) is 19.0. The highest BCUT2D eigenvalue weighted by molar-refractivity contribution is 5.60. The van der Waals surface area contributed by atoms with Crippen LogP contribution in [0.2, 0.25) is 0 Å². The second-order valence-electron chi connectivity index (χ2n) is 9.30. The van der Waals surface area contributed by atoms with E-state index in [2.05, 4.69) is 68.8 Å². The van der Waals surface area contributed by atoms with Crippen LogP contribution < -0.4 is 14.5 Å². The Bertz CT molecular complexity index is 860. The lowest BCUT2D eigenvalue weighted by Gasteiger charge is -2.36. The van der Waals surface area contributed by atoms with Crippen molar-refractivity contribution in [2.75, 3.05) is 36.1 Å². The molecule has 0 N–H and O–H groups in total. The molecule has 0 bridgehead atoms. The average molecular weight is 414 g/mol. The third kappa shape index (κ3) is 4.56. The van der Waals surface area contributed by atoms with Crippen LogP contribution in [0.15, 0.2) is 24.4 Å². The van der Waals surface area contributed by atoms with Crippen molar-refractivity contribution >= 4 is 11.5 Å². The minimum absolute atomic E-state index is 0.255. The van der Waals surface area contributed by atoms with E-state index in [0.29, 0.717) is 11.9 Å². The Kier molecular flexibility index (Phi) is 5.91. The van der Waals surface area contributed by atoms with Gasteiger partial charge in [0.05, 0.1) is 24.9 Å². The largest absolute Gasteiger partial charge is 0.472 e. The summed E-state index contributed by atoms with van der Waals surface area (Å²) < 4.78 is 13.9. The molecule has 0 spiro atoms. The summed E-state index contributed by atoms with van der Waals surface area (Å²) in [5, 5.41) is 4.78. The van der Waals surface area contributed by atoms with Gasteiger partial charge < -0.3 is 19.3 Å². The van der Waals surface area contributed by atoms with Gasteiger partial charge in [-0.15, -0.1) is 0 Å². The maximum atomic E-state index is 6.22. The number of hydrogen-bond acceptors (Lipinski definition) is 6. The summed E-state index contributed by atoms with van der Waals surface area (Å²) >= 11 is 0. The SMILES string of the molecule is CCn1ccc(C2CCCN2c2cc(N3CCOC[C@H]3C)cc(OC(C)(C)C)n2)n1. The Balaban J connectivity index is 1.70. The molecular weight excluding hydrogens is 378 g/mol. The highest BCUT2D eigenvalue weighted by Crippen LogP contribution is 2.38. The van der Waals surface area contributed by atoms with Crippen LogP contribution in [-0.4, -0.2) is 52.7 Å². The fraction of sp³-hybridized carbons (Fsp3) is 0.652. The Labute approximate surface area is 180 Å². The Hall–Kier alpha value is -2.28. The fourth-order valence-corrected chi connectivity index (χ4v) is 4.35. The summed E-state index contributed by atoms with van der Waals surface area (Å²) in [4.78, 5) is 9.73. The maximum Gasteiger partial charge on any atom is 0.217 e. The third-order valence-corrected chi connectivity index (χ3v) is 5.76. The standard InChI is InChI=1S/C23H35N5O2/c1-6-26-11-9-19(25-26)20-8-7-10-28(20)21-14-18(27-12-13-29-16-17(27)2)15-22(24-21)30-23(3,4)5/h9,11,14-15,17,20H,6-8,10,12-13,16H2,1-5H3/t17-,20?/m1/s1. The number of aromatic nitrogens is 3. The van der Waals surface area contributed by atoms with Crippen LogP contribution in [0.4, 0.5) is 11.5 Å². The van der Waals surface area contributed by atoms with Crippen molar-refractivity contribution in [2.45, 2.75) is 71.7 Å². The predicted molar refractivity (Wildman–Crippen MR) is 119 cm³/mol. The Morgan fingerprint density at radius 2 is 2.03 bits per heavy atom. The van der Waals surface area contributed by atoms with E-state index >= 15 is 0 Å². The molecule has 30 heavy (non-hydrogen) atoms. The monoisotopic (exact) mass is 413 g/mol. The van der Waals surface area contributed by atoms with Crippen molar-refractivity contribution in [3.05, 3.63) is 30.1 Å². The molecule has 4 rings (SSSR count). The number of anilines is 2. The molecule has 4 heterocycles. The number of pyridine rings is 1. The van der Waals surface area contributed by atoms with Crippen LogP contribution in [0, 0.1) is 0 Å². The van der Waals surface area contributed by atoms with Gasteiger partial charge in [-0.3, -0.25) is 4.68 Å². The maximum absolute atomic E-state index is 6.22. The fourth-order valence-electron chi connectivity index (χ4n) is 4.35. The lowest BCUT2D eigenvalue weighted by molar-refractivity contribution is 0.0986. The molecule has 2 fully saturated rings. The number of ether oxygens (including phenoxy) is 2. The molecule has 2 aromatic heterocycles. The molecule has 7 nitrogen and oxygen atoms in total. The van der Waals surface area contributed by atoms with Gasteiger partial charge in [-0.05, 0) is 53.5 Å². The van der Waals surface area contributed by atoms with Crippen molar-refractivity contribution in [1.29, 1.82) is 0 Å². The zero-order chi connectivity index (χ0) is 21.3. The lowest BCUT2D eigenvalue weighted by atomic mass is 10.1. The quantitative estimate of drug-likeness (QED) is 0.737. The molecule has 7 heteroatoms. The van der Waals surface area contributed by atoms with Crippen LogP contribution in [0.5, 0.6) is 5.88 Å². The predicted octanol–water partition coefficient (Wildman–Crippen LogP) is 4.04. The van der Waals surface area contributed by atoms with Gasteiger partial charge in [-0.2, -0.15) is 10.1 Å². The first kappa shape index (κ1) is 21.0. The molecule has 2 aromatic rings. The molecule has 2 aliphatic rings. The van der Waals surface area contributed by atoms with E-state index in [0.717, 1.165) is 62.9 Å². The van der Waals surface area contributed by atoms with Gasteiger partial charge in [-0.25, -0.2) is 0 Å². The zero-order valence-corrected chi connectivity index (χ0v) is 19.0. The van der Waals surface area contributed by atoms with E-state index in [9.17, 15) is 0 Å². The van der Waals surface area contributed by atoms with Crippen molar-refractivity contribution < 1.29 is 9.47 Å². The molecule has 1 unspecified atom stereocenters. The second kappa shape index (κ2) is 8.46. The summed E-state index contributed by atoms with van der Waals surface area (Å²) in [7, 11) is 0. The molecule has 0 aromatic carbocycles. The first-order chi connectivity index (χ1) is 14.3. The molecule has 164 valence electrons. The molecule has 0 saturated carbocycles. The second-order valence-corrected chi connectivity index (χ2v) is 9.30. The summed E-state index contributed by atoms with van der Waals surface area (Å²) in [6.07, 6.45) is 4.30. The first-order valence-corrected chi connectivity index (χ1v) is 11.2. The van der Waals surface area contributed by atoms with E-state index in [1.54, 1.807) is 0 Å². The van der Waals surface area contributed by atoms with Gasteiger partial charge in [-0.1, -0.05) is 0 Å². The van der Waals surface area contributed by atoms with E-state index in [1.165, 1.54) is 0 Å². The number of aryl methyl sites for hydroxylation is 1. The first-order valence-electron chi connectivity index (χ1n) is 11.2. The van der Waals surface area contributed by atoms with Gasteiger partial charge in [0.15, 0.2) is 0 Å². The van der Waals surface area contributed by atoms with E-state index in [4.69, 9.17) is 19.6 Å². The smallest absolute Gasteiger partial charge is 0.217 e. The summed E-state index contributed by atoms with van der Waals surface area (Å²) in [5.74, 6) is 1.65. The minimum Gasteiger partial charge on any atom is -0.472 e. The Morgan fingerprint density at radius 1 is 1.20 bits per heavy atom. The topological polar surface area (TPSA) is 55.7 Å². The van der Waals surface area contributed by atoms with Gasteiger partial charge in [0.1, 0.15) is 11.4 Å². The van der Waals surface area contributed by atoms with Crippen molar-refractivity contribution in [2.24, 2.45) is 0 Å². The van der Waals surface area contributed by atoms with Crippen molar-refractivity contribution in [3.63, 3.8) is 0 Å². The molecule has 0 radical (unpaired) electrons. The van der Waals surface area contributed by atoms with E-state index in [-0.39, 0.29) is 11.6 Å². The normalized spacial score (nSPS) is 22.6. The van der Waals surface area contributed by atoms with Crippen molar-refractivity contribution in [1.82, 2.24) is 14.8 Å². The Morgan fingerprint density at radius 3 is 2.73 bits per heavy atom. The number of morpholine rings is 1. The van der Waals surface area contributed by atoms with Crippen LogP contribution in [-0.2, 0) is 11.3 Å². The molecule has 2 saturated heterocycles. The van der Waals surface area contributed by atoms with Crippen LogP contribution in [0.25, 0.3) is 0 Å². The van der Waals surface area contributed by atoms with Gasteiger partial charge in [0, 0.05) is 49.7 Å². The summed E-state index contributed by atoms with van der Waals surface area (Å²) in [5.41, 5.74) is 1.98. The van der Waals surface area contributed by atoms with Crippen LogP contribution in [0.1, 0.15) is 59.2 Å². The third-order valence-electron chi connectivity index (χ3n) is 5.76. The highest BCUT2D eigenvalue weighted by atomic mass is 16.5. The molecular formula is C23H35N5O2. The number of hydrogen-bond donors (Lipinski definition) is 0. The highest BCUT2D eigenvalue weighted by Gasteiger charge is 2.31. The molecule has 2 aliphatic heterocycles. The van der Waals surface area contributed by atoms with Crippen LogP contribution >= 0.6 is 0 Å². The van der Waals surface area contributed by atoms with E-state index in [1.807, 2.05) is 4.68 Å². The van der Waals surface area contributed by atoms with Gasteiger partial charge >= 0.3 is 0 Å². The minimum atomic E-state index is -0.302. The lowest BCUT2D eigenvalue weighted by Crippen LogP contribution is -2.43. The number of rotatable bonds is 5. The van der Waals surface area contributed by atoms with E-state index < -0.39 is 0 Å². The van der Waals surface area contributed by atoms with Crippen LogP contribution in [0.3, 0.4) is 0 Å². The van der Waals surface area contributed by atoms with Gasteiger partial charge in [0.25, 0.3) is 0 Å². The number of nitrogens with zero attached hydrogens (tertiary/aromatic N) is 5. The van der Waals surface area contributed by atoms with Crippen molar-refractivity contribution in [3.8, 4) is 5.88 Å².